The first-order valence-electron chi connectivity index (χ1n) is 9.97. The molecule has 1 N–H and O–H groups in total. The molecule has 6 nitrogen and oxygen atoms in total. The van der Waals surface area contributed by atoms with Crippen LogP contribution in [0.5, 0.6) is 0 Å². The van der Waals surface area contributed by atoms with E-state index in [-0.39, 0.29) is 12.6 Å². The maximum Gasteiger partial charge on any atom is 0.311 e. The van der Waals surface area contributed by atoms with Crippen molar-refractivity contribution in [3.8, 4) is 0 Å². The van der Waals surface area contributed by atoms with Gasteiger partial charge in [0.25, 0.3) is 0 Å². The summed E-state index contributed by atoms with van der Waals surface area (Å²) < 4.78 is 17.7. The van der Waals surface area contributed by atoms with Crippen LogP contribution in [0, 0.1) is 11.3 Å². The summed E-state index contributed by atoms with van der Waals surface area (Å²) >= 11 is 0. The van der Waals surface area contributed by atoms with Crippen LogP contribution in [0.3, 0.4) is 0 Å². The van der Waals surface area contributed by atoms with Crippen molar-refractivity contribution in [2.45, 2.75) is 46.0 Å². The van der Waals surface area contributed by atoms with E-state index >= 15 is 0 Å². The predicted octanol–water partition coefficient (Wildman–Crippen LogP) is 3.85. The number of rotatable bonds is 5. The molecule has 0 spiro atoms. The maximum atomic E-state index is 12.3. The van der Waals surface area contributed by atoms with Gasteiger partial charge < -0.3 is 19.5 Å². The van der Waals surface area contributed by atoms with E-state index in [0.29, 0.717) is 19.1 Å². The third-order valence-corrected chi connectivity index (χ3v) is 5.06. The van der Waals surface area contributed by atoms with Gasteiger partial charge in [-0.15, -0.1) is 0 Å². The zero-order valence-corrected chi connectivity index (χ0v) is 16.7. The minimum absolute atomic E-state index is 0.123. The fraction of sp³-hybridized carbons (Fsp3) is 0.545. The number of esters is 1. The van der Waals surface area contributed by atoms with Crippen LogP contribution in [0.25, 0.3) is 0 Å². The third kappa shape index (κ3) is 4.45. The van der Waals surface area contributed by atoms with Crippen LogP contribution in [-0.4, -0.2) is 43.8 Å². The smallest absolute Gasteiger partial charge is 0.311 e. The van der Waals surface area contributed by atoms with Gasteiger partial charge in [0, 0.05) is 6.54 Å². The molecule has 1 aliphatic carbocycles. The number of para-hydroxylation sites is 2. The minimum atomic E-state index is -0.561. The average Bonchev–Trinajstić information content (AvgIpc) is 3.49. The van der Waals surface area contributed by atoms with E-state index in [1.807, 2.05) is 51.1 Å². The lowest BCUT2D eigenvalue weighted by atomic mass is 9.97. The molecule has 0 saturated heterocycles. The van der Waals surface area contributed by atoms with Gasteiger partial charge in [0.1, 0.15) is 12.7 Å². The van der Waals surface area contributed by atoms with E-state index in [4.69, 9.17) is 19.2 Å². The highest BCUT2D eigenvalue weighted by Crippen LogP contribution is 2.33. The summed E-state index contributed by atoms with van der Waals surface area (Å²) in [5.74, 6) is 0.390. The molecule has 2 aliphatic heterocycles. The molecule has 4 rings (SSSR count). The zero-order valence-electron chi connectivity index (χ0n) is 16.7. The predicted molar refractivity (Wildman–Crippen MR) is 108 cm³/mol. The standard InChI is InChI=1S/C22H28N2O4/c1-22(2,3)21(25)27-13-18-20-15(10-19(28-18)26-12-14-8-9-14)11-23-16-6-4-5-7-17(16)24-20/h4-7,10,14,18-19,23H,8-9,11-13H2,1-3H3/t18-,19+/m1/s1. The number of hydrogen-bond donors (Lipinski definition) is 1. The Kier molecular flexibility index (Phi) is 5.25. The molecule has 0 radical (unpaired) electrons. The topological polar surface area (TPSA) is 69.2 Å². The van der Waals surface area contributed by atoms with E-state index in [0.717, 1.165) is 22.7 Å². The Morgan fingerprint density at radius 2 is 2.04 bits per heavy atom. The van der Waals surface area contributed by atoms with Gasteiger partial charge in [-0.1, -0.05) is 12.1 Å². The number of ether oxygens (including phenoxy) is 3. The molecule has 28 heavy (non-hydrogen) atoms. The van der Waals surface area contributed by atoms with Gasteiger partial charge in [0.2, 0.25) is 0 Å². The van der Waals surface area contributed by atoms with Crippen LogP contribution in [0.2, 0.25) is 0 Å². The van der Waals surface area contributed by atoms with E-state index < -0.39 is 17.8 Å². The highest BCUT2D eigenvalue weighted by Gasteiger charge is 2.34. The molecule has 2 atom stereocenters. The van der Waals surface area contributed by atoms with Crippen LogP contribution in [0.15, 0.2) is 40.9 Å². The Bertz CT molecular complexity index is 805. The number of benzene rings is 1. The van der Waals surface area contributed by atoms with Crippen LogP contribution in [-0.2, 0) is 19.0 Å². The molecular formula is C22H28N2O4. The van der Waals surface area contributed by atoms with E-state index in [1.54, 1.807) is 0 Å². The molecule has 1 aromatic rings. The van der Waals surface area contributed by atoms with Crippen LogP contribution >= 0.6 is 0 Å². The van der Waals surface area contributed by atoms with Crippen LogP contribution < -0.4 is 5.32 Å². The van der Waals surface area contributed by atoms with Gasteiger partial charge in [0.05, 0.1) is 29.1 Å². The lowest BCUT2D eigenvalue weighted by molar-refractivity contribution is -0.166. The number of anilines is 1. The Balaban J connectivity index is 1.57. The fourth-order valence-electron chi connectivity index (χ4n) is 3.15. The number of carbonyl (C=O) groups excluding carboxylic acids is 1. The van der Waals surface area contributed by atoms with Gasteiger partial charge in [-0.25, -0.2) is 4.99 Å². The average molecular weight is 384 g/mol. The molecule has 0 bridgehead atoms. The van der Waals surface area contributed by atoms with Crippen LogP contribution in [0.4, 0.5) is 11.4 Å². The van der Waals surface area contributed by atoms with Crippen molar-refractivity contribution in [3.05, 3.63) is 35.9 Å². The Labute approximate surface area is 166 Å². The zero-order chi connectivity index (χ0) is 19.7. The first-order chi connectivity index (χ1) is 13.4. The number of nitrogens with one attached hydrogen (secondary N) is 1. The third-order valence-electron chi connectivity index (χ3n) is 5.06. The molecule has 1 saturated carbocycles. The van der Waals surface area contributed by atoms with Gasteiger partial charge in [-0.2, -0.15) is 0 Å². The summed E-state index contributed by atoms with van der Waals surface area (Å²) in [6, 6.07) is 7.91. The normalized spacial score (nSPS) is 24.1. The Hall–Kier alpha value is -2.18. The number of fused-ring (bicyclic) bond motifs is 2. The second kappa shape index (κ2) is 7.68. The lowest BCUT2D eigenvalue weighted by Gasteiger charge is -2.30. The van der Waals surface area contributed by atoms with Gasteiger partial charge in [-0.05, 0) is 63.3 Å². The quantitative estimate of drug-likeness (QED) is 0.781. The van der Waals surface area contributed by atoms with Crippen LogP contribution in [0.1, 0.15) is 33.6 Å². The van der Waals surface area contributed by atoms with Crippen molar-refractivity contribution in [1.82, 2.24) is 0 Å². The molecule has 1 fully saturated rings. The number of aliphatic imine (C=N–C) groups is 1. The first-order valence-corrected chi connectivity index (χ1v) is 9.97. The molecule has 0 amide bonds. The molecule has 0 aromatic heterocycles. The van der Waals surface area contributed by atoms with Gasteiger partial charge >= 0.3 is 5.97 Å². The molecular weight excluding hydrogens is 356 g/mol. The second-order valence-electron chi connectivity index (χ2n) is 8.68. The van der Waals surface area contributed by atoms with Crippen molar-refractivity contribution in [1.29, 1.82) is 0 Å². The first kappa shape index (κ1) is 19.2. The molecule has 2 heterocycles. The summed E-state index contributed by atoms with van der Waals surface area (Å²) in [7, 11) is 0. The number of carbonyl (C=O) groups is 1. The van der Waals surface area contributed by atoms with Crippen molar-refractivity contribution in [3.63, 3.8) is 0 Å². The Morgan fingerprint density at radius 1 is 1.25 bits per heavy atom. The van der Waals surface area contributed by atoms with Gasteiger partial charge in [-0.3, -0.25) is 4.79 Å². The summed E-state index contributed by atoms with van der Waals surface area (Å²) in [4.78, 5) is 17.1. The number of nitrogens with zero attached hydrogens (tertiary/aromatic N) is 1. The lowest BCUT2D eigenvalue weighted by Crippen LogP contribution is -2.41. The molecule has 6 heteroatoms. The van der Waals surface area contributed by atoms with Crippen molar-refractivity contribution in [2.24, 2.45) is 16.3 Å². The largest absolute Gasteiger partial charge is 0.462 e. The van der Waals surface area contributed by atoms with E-state index in [1.165, 1.54) is 12.8 Å². The van der Waals surface area contributed by atoms with E-state index in [9.17, 15) is 4.79 Å². The molecule has 3 aliphatic rings. The molecule has 0 unspecified atom stereocenters. The summed E-state index contributed by atoms with van der Waals surface area (Å²) in [5, 5.41) is 3.43. The summed E-state index contributed by atoms with van der Waals surface area (Å²) in [5.41, 5.74) is 3.10. The maximum absolute atomic E-state index is 12.3. The summed E-state index contributed by atoms with van der Waals surface area (Å²) in [6.07, 6.45) is 3.53. The molecule has 150 valence electrons. The highest BCUT2D eigenvalue weighted by atomic mass is 16.7. The Morgan fingerprint density at radius 3 is 2.79 bits per heavy atom. The van der Waals surface area contributed by atoms with Crippen molar-refractivity contribution >= 4 is 23.1 Å². The summed E-state index contributed by atoms with van der Waals surface area (Å²) in [6.45, 7) is 6.97. The minimum Gasteiger partial charge on any atom is -0.462 e. The molecule has 1 aromatic carbocycles. The number of hydrogen-bond acceptors (Lipinski definition) is 6. The second-order valence-corrected chi connectivity index (χ2v) is 8.68. The fourth-order valence-corrected chi connectivity index (χ4v) is 3.15. The van der Waals surface area contributed by atoms with E-state index in [2.05, 4.69) is 5.32 Å². The SMILES string of the molecule is CC(C)(C)C(=O)OC[C@H]1O[C@H](OCC2CC2)C=C2CNc3ccccc3N=C21. The van der Waals surface area contributed by atoms with Crippen molar-refractivity contribution in [2.75, 3.05) is 25.1 Å². The highest BCUT2D eigenvalue weighted by molar-refractivity contribution is 6.07. The van der Waals surface area contributed by atoms with Gasteiger partial charge in [0.15, 0.2) is 6.29 Å². The van der Waals surface area contributed by atoms with Crippen molar-refractivity contribution < 1.29 is 19.0 Å². The monoisotopic (exact) mass is 384 g/mol.